The number of nitrogens with one attached hydrogen (secondary N) is 1. The average Bonchev–Trinajstić information content (AvgIpc) is 2.76. The second kappa shape index (κ2) is 5.96. The minimum absolute atomic E-state index is 0.337. The smallest absolute Gasteiger partial charge is 0.328 e. The number of rotatable bonds is 4. The number of hydrogen-bond donors (Lipinski definition) is 1. The van der Waals surface area contributed by atoms with Crippen LogP contribution in [0.25, 0.3) is 10.9 Å². The van der Waals surface area contributed by atoms with Gasteiger partial charge in [-0.2, -0.15) is 4.68 Å². The third-order valence-electron chi connectivity index (χ3n) is 3.71. The van der Waals surface area contributed by atoms with Gasteiger partial charge in [-0.25, -0.2) is 4.79 Å². The van der Waals surface area contributed by atoms with Crippen LogP contribution in [-0.4, -0.2) is 49.9 Å². The Kier molecular flexibility index (Phi) is 3.95. The zero-order valence-corrected chi connectivity index (χ0v) is 13.6. The molecule has 1 saturated heterocycles. The minimum atomic E-state index is -1.07. The summed E-state index contributed by atoms with van der Waals surface area (Å²) in [6.45, 7) is 2.04. The molecule has 1 N–H and O–H groups in total. The van der Waals surface area contributed by atoms with Crippen molar-refractivity contribution in [3.63, 3.8) is 0 Å². The Labute approximate surface area is 141 Å². The number of carbonyl (C=O) groups is 3. The number of carbonyl (C=O) groups excluding carboxylic acids is 3. The van der Waals surface area contributed by atoms with Crippen LogP contribution in [0.1, 0.15) is 13.8 Å². The van der Waals surface area contributed by atoms with Crippen molar-refractivity contribution in [1.82, 2.24) is 25.2 Å². The van der Waals surface area contributed by atoms with Gasteiger partial charge in [0.25, 0.3) is 11.5 Å². The molecule has 3 amide bonds. The first kappa shape index (κ1) is 16.6. The third-order valence-corrected chi connectivity index (χ3v) is 3.71. The predicted octanol–water partition coefficient (Wildman–Crippen LogP) is -0.377. The largest absolute Gasteiger partial charge is 0.441 e. The number of hydrogen-bond acceptors (Lipinski definition) is 7. The lowest BCUT2D eigenvalue weighted by molar-refractivity contribution is -0.151. The molecule has 25 heavy (non-hydrogen) atoms. The first-order valence-electron chi connectivity index (χ1n) is 7.42. The van der Waals surface area contributed by atoms with E-state index in [4.69, 9.17) is 4.74 Å². The summed E-state index contributed by atoms with van der Waals surface area (Å²) < 4.78 is 5.82. The maximum absolute atomic E-state index is 12.2. The molecule has 1 aliphatic heterocycles. The second-order valence-corrected chi connectivity index (χ2v) is 6.00. The lowest BCUT2D eigenvalue weighted by Gasteiger charge is -2.15. The summed E-state index contributed by atoms with van der Waals surface area (Å²) in [5.74, 6) is -1.37. The van der Waals surface area contributed by atoms with Crippen molar-refractivity contribution in [1.29, 1.82) is 0 Å². The maximum Gasteiger partial charge on any atom is 0.328 e. The van der Waals surface area contributed by atoms with Crippen LogP contribution < -0.4 is 10.9 Å². The fourth-order valence-electron chi connectivity index (χ4n) is 2.38. The second-order valence-electron chi connectivity index (χ2n) is 6.00. The molecule has 1 aromatic carbocycles. The molecule has 0 aliphatic carbocycles. The number of urea groups is 1. The molecule has 0 atom stereocenters. The topological polar surface area (TPSA) is 123 Å². The Morgan fingerprint density at radius 2 is 1.96 bits per heavy atom. The number of esters is 1. The SMILES string of the molecule is CC1(C)NC(=O)N(CC(=O)OCn2nnc3ccccc3c2=O)C1=O. The van der Waals surface area contributed by atoms with Crippen LogP contribution in [-0.2, 0) is 21.1 Å². The monoisotopic (exact) mass is 345 g/mol. The molecule has 2 heterocycles. The van der Waals surface area contributed by atoms with Gasteiger partial charge in [0, 0.05) is 0 Å². The molecule has 1 aliphatic rings. The molecule has 0 spiro atoms. The van der Waals surface area contributed by atoms with Crippen molar-refractivity contribution >= 4 is 28.8 Å². The molecular formula is C15H15N5O5. The van der Waals surface area contributed by atoms with Gasteiger partial charge < -0.3 is 10.1 Å². The highest BCUT2D eigenvalue weighted by atomic mass is 16.5. The summed E-state index contributed by atoms with van der Waals surface area (Å²) in [6.07, 6.45) is 0. The maximum atomic E-state index is 12.2. The van der Waals surface area contributed by atoms with E-state index in [0.29, 0.717) is 10.9 Å². The van der Waals surface area contributed by atoms with Gasteiger partial charge in [0.2, 0.25) is 0 Å². The van der Waals surface area contributed by atoms with E-state index in [1.54, 1.807) is 24.3 Å². The van der Waals surface area contributed by atoms with E-state index >= 15 is 0 Å². The van der Waals surface area contributed by atoms with Gasteiger partial charge >= 0.3 is 12.0 Å². The molecular weight excluding hydrogens is 330 g/mol. The highest BCUT2D eigenvalue weighted by Gasteiger charge is 2.45. The minimum Gasteiger partial charge on any atom is -0.441 e. The quantitative estimate of drug-likeness (QED) is 0.592. The molecule has 10 nitrogen and oxygen atoms in total. The van der Waals surface area contributed by atoms with Crippen LogP contribution in [0.3, 0.4) is 0 Å². The van der Waals surface area contributed by atoms with Gasteiger partial charge in [-0.15, -0.1) is 5.10 Å². The molecule has 0 radical (unpaired) electrons. The zero-order chi connectivity index (χ0) is 18.2. The number of benzene rings is 1. The first-order valence-corrected chi connectivity index (χ1v) is 7.42. The Bertz CT molecular complexity index is 935. The highest BCUT2D eigenvalue weighted by molar-refractivity contribution is 6.08. The van der Waals surface area contributed by atoms with E-state index < -0.39 is 42.3 Å². The van der Waals surface area contributed by atoms with Gasteiger partial charge in [0.15, 0.2) is 6.73 Å². The van der Waals surface area contributed by atoms with E-state index in [-0.39, 0.29) is 0 Å². The van der Waals surface area contributed by atoms with E-state index in [9.17, 15) is 19.2 Å². The summed E-state index contributed by atoms with van der Waals surface area (Å²) in [7, 11) is 0. The molecule has 0 bridgehead atoms. The van der Waals surface area contributed by atoms with Gasteiger partial charge in [-0.05, 0) is 26.0 Å². The highest BCUT2D eigenvalue weighted by Crippen LogP contribution is 2.16. The van der Waals surface area contributed by atoms with E-state index in [0.717, 1.165) is 9.58 Å². The number of nitrogens with zero attached hydrogens (tertiary/aromatic N) is 4. The predicted molar refractivity (Wildman–Crippen MR) is 84.2 cm³/mol. The molecule has 0 unspecified atom stereocenters. The van der Waals surface area contributed by atoms with Crippen molar-refractivity contribution < 1.29 is 19.1 Å². The summed E-state index contributed by atoms with van der Waals surface area (Å²) in [4.78, 5) is 48.6. The van der Waals surface area contributed by atoms with Crippen LogP contribution in [0.4, 0.5) is 4.79 Å². The van der Waals surface area contributed by atoms with Crippen molar-refractivity contribution in [2.24, 2.45) is 0 Å². The first-order chi connectivity index (χ1) is 11.8. The van der Waals surface area contributed by atoms with Crippen molar-refractivity contribution in [2.75, 3.05) is 6.54 Å². The Morgan fingerprint density at radius 3 is 2.64 bits per heavy atom. The third kappa shape index (κ3) is 3.05. The Morgan fingerprint density at radius 1 is 1.24 bits per heavy atom. The van der Waals surface area contributed by atoms with Crippen LogP contribution in [0.2, 0.25) is 0 Å². The Hall–Kier alpha value is -3.30. The van der Waals surface area contributed by atoms with Gasteiger partial charge in [-0.3, -0.25) is 19.3 Å². The number of imide groups is 1. The molecule has 3 rings (SSSR count). The van der Waals surface area contributed by atoms with Crippen molar-refractivity contribution in [3.8, 4) is 0 Å². The fraction of sp³-hybridized carbons (Fsp3) is 0.333. The lowest BCUT2D eigenvalue weighted by Crippen LogP contribution is -2.41. The summed E-state index contributed by atoms with van der Waals surface area (Å²) in [5.41, 5.74) is -1.11. The van der Waals surface area contributed by atoms with Crippen LogP contribution in [0.5, 0.6) is 0 Å². The van der Waals surface area contributed by atoms with E-state index in [1.807, 2.05) is 0 Å². The number of fused-ring (bicyclic) bond motifs is 1. The fourth-order valence-corrected chi connectivity index (χ4v) is 2.38. The van der Waals surface area contributed by atoms with Crippen LogP contribution >= 0.6 is 0 Å². The number of ether oxygens (including phenoxy) is 1. The molecule has 0 saturated carbocycles. The molecule has 2 aromatic rings. The lowest BCUT2D eigenvalue weighted by atomic mass is 10.1. The summed E-state index contributed by atoms with van der Waals surface area (Å²) in [6, 6.07) is 5.95. The molecule has 1 aromatic heterocycles. The summed E-state index contributed by atoms with van der Waals surface area (Å²) >= 11 is 0. The van der Waals surface area contributed by atoms with Gasteiger partial charge in [0.1, 0.15) is 17.6 Å². The van der Waals surface area contributed by atoms with Crippen molar-refractivity contribution in [2.45, 2.75) is 26.1 Å². The van der Waals surface area contributed by atoms with Crippen LogP contribution in [0.15, 0.2) is 29.1 Å². The summed E-state index contributed by atoms with van der Waals surface area (Å²) in [5, 5.41) is 10.3. The standard InChI is InChI=1S/C15H15N5O5/c1-15(2)13(23)19(14(24)16-15)7-11(21)25-8-20-12(22)9-5-3-4-6-10(9)17-18-20/h3-6H,7-8H2,1-2H3,(H,16,24). The van der Waals surface area contributed by atoms with E-state index in [2.05, 4.69) is 15.6 Å². The normalized spacial score (nSPS) is 16.2. The van der Waals surface area contributed by atoms with Gasteiger partial charge in [0.05, 0.1) is 5.39 Å². The van der Waals surface area contributed by atoms with Crippen LogP contribution in [0, 0.1) is 0 Å². The molecule has 1 fully saturated rings. The van der Waals surface area contributed by atoms with Gasteiger partial charge in [-0.1, -0.05) is 17.3 Å². The molecule has 10 heteroatoms. The number of aromatic nitrogens is 3. The average molecular weight is 345 g/mol. The molecule has 130 valence electrons. The number of amides is 3. The Balaban J connectivity index is 1.67. The van der Waals surface area contributed by atoms with E-state index in [1.165, 1.54) is 13.8 Å². The van der Waals surface area contributed by atoms with Crippen molar-refractivity contribution in [3.05, 3.63) is 34.6 Å². The zero-order valence-electron chi connectivity index (χ0n) is 13.6.